The summed E-state index contributed by atoms with van der Waals surface area (Å²) in [7, 11) is 0. The van der Waals surface area contributed by atoms with Gasteiger partial charge in [-0.05, 0) is 24.8 Å². The van der Waals surface area contributed by atoms with Crippen LogP contribution in [0.3, 0.4) is 0 Å². The van der Waals surface area contributed by atoms with E-state index in [4.69, 9.17) is 5.73 Å². The molecule has 0 aromatic rings. The van der Waals surface area contributed by atoms with Crippen molar-refractivity contribution in [3.63, 3.8) is 0 Å². The molecule has 0 unspecified atom stereocenters. The summed E-state index contributed by atoms with van der Waals surface area (Å²) in [5.74, 6) is 0.109. The summed E-state index contributed by atoms with van der Waals surface area (Å²) in [6, 6.07) is 0. The van der Waals surface area contributed by atoms with Gasteiger partial charge in [-0.1, -0.05) is 34.6 Å². The first-order valence-electron chi connectivity index (χ1n) is 5.67. The second-order valence-corrected chi connectivity index (χ2v) is 5.99. The van der Waals surface area contributed by atoms with Crippen molar-refractivity contribution in [2.45, 2.75) is 47.5 Å². The Morgan fingerprint density at radius 2 is 1.67 bits per heavy atom. The average molecular weight is 214 g/mol. The van der Waals surface area contributed by atoms with Crippen molar-refractivity contribution in [1.29, 1.82) is 0 Å². The maximum atomic E-state index is 11.8. The normalized spacial score (nSPS) is 12.7. The van der Waals surface area contributed by atoms with Crippen molar-refractivity contribution in [3.8, 4) is 0 Å². The highest BCUT2D eigenvalue weighted by Gasteiger charge is 2.26. The van der Waals surface area contributed by atoms with E-state index < -0.39 is 0 Å². The monoisotopic (exact) mass is 214 g/mol. The molecule has 3 N–H and O–H groups in total. The van der Waals surface area contributed by atoms with Gasteiger partial charge < -0.3 is 11.1 Å². The number of amides is 1. The van der Waals surface area contributed by atoms with Crippen LogP contribution < -0.4 is 11.1 Å². The first-order valence-corrected chi connectivity index (χ1v) is 5.67. The van der Waals surface area contributed by atoms with Crippen LogP contribution in [0.25, 0.3) is 0 Å². The fourth-order valence-corrected chi connectivity index (χ4v) is 1.26. The molecule has 3 heteroatoms. The fourth-order valence-electron chi connectivity index (χ4n) is 1.26. The standard InChI is InChI=1S/C12H26N2O/c1-11(2,3)7-9-14-10(15)12(4,5)6-8-13/h6-9,13H2,1-5H3,(H,14,15). The summed E-state index contributed by atoms with van der Waals surface area (Å²) in [5, 5.41) is 2.97. The van der Waals surface area contributed by atoms with Crippen LogP contribution >= 0.6 is 0 Å². The van der Waals surface area contributed by atoms with Crippen LogP contribution in [0.1, 0.15) is 47.5 Å². The highest BCUT2D eigenvalue weighted by atomic mass is 16.2. The zero-order chi connectivity index (χ0) is 12.1. The molecule has 0 saturated carbocycles. The minimum atomic E-state index is -0.341. The molecule has 0 aromatic carbocycles. The van der Waals surface area contributed by atoms with Gasteiger partial charge in [-0.3, -0.25) is 4.79 Å². The number of rotatable bonds is 5. The molecule has 3 nitrogen and oxygen atoms in total. The molecule has 0 radical (unpaired) electrons. The molecule has 0 atom stereocenters. The number of carbonyl (C=O) groups excluding carboxylic acids is 1. The van der Waals surface area contributed by atoms with Crippen molar-refractivity contribution < 1.29 is 4.79 Å². The highest BCUT2D eigenvalue weighted by molar-refractivity contribution is 5.81. The van der Waals surface area contributed by atoms with E-state index in [0.717, 1.165) is 19.4 Å². The van der Waals surface area contributed by atoms with Gasteiger partial charge in [0, 0.05) is 12.0 Å². The number of nitrogens with two attached hydrogens (primary N) is 1. The van der Waals surface area contributed by atoms with E-state index in [1.54, 1.807) is 0 Å². The third-order valence-corrected chi connectivity index (χ3v) is 2.54. The van der Waals surface area contributed by atoms with Gasteiger partial charge in [-0.2, -0.15) is 0 Å². The minimum Gasteiger partial charge on any atom is -0.356 e. The quantitative estimate of drug-likeness (QED) is 0.734. The van der Waals surface area contributed by atoms with Gasteiger partial charge in [0.15, 0.2) is 0 Å². The summed E-state index contributed by atoms with van der Waals surface area (Å²) in [6.45, 7) is 11.7. The van der Waals surface area contributed by atoms with Gasteiger partial charge in [0.25, 0.3) is 0 Å². The predicted molar refractivity (Wildman–Crippen MR) is 64.5 cm³/mol. The van der Waals surface area contributed by atoms with Gasteiger partial charge in [-0.15, -0.1) is 0 Å². The second-order valence-electron chi connectivity index (χ2n) is 5.99. The Labute approximate surface area is 93.8 Å². The van der Waals surface area contributed by atoms with Crippen LogP contribution in [0, 0.1) is 10.8 Å². The van der Waals surface area contributed by atoms with Gasteiger partial charge >= 0.3 is 0 Å². The zero-order valence-corrected chi connectivity index (χ0v) is 10.8. The third kappa shape index (κ3) is 6.50. The Morgan fingerprint density at radius 1 is 1.13 bits per heavy atom. The second kappa shape index (κ2) is 5.50. The summed E-state index contributed by atoms with van der Waals surface area (Å²) >= 11 is 0. The maximum Gasteiger partial charge on any atom is 0.225 e. The molecule has 0 aliphatic carbocycles. The molecule has 0 saturated heterocycles. The number of hydrogen-bond donors (Lipinski definition) is 2. The lowest BCUT2D eigenvalue weighted by atomic mass is 9.87. The molecule has 0 spiro atoms. The molecular weight excluding hydrogens is 188 g/mol. The lowest BCUT2D eigenvalue weighted by Gasteiger charge is -2.24. The lowest BCUT2D eigenvalue weighted by molar-refractivity contribution is -0.129. The first-order chi connectivity index (χ1) is 6.69. The average Bonchev–Trinajstić information content (AvgIpc) is 2.01. The number of carbonyl (C=O) groups is 1. The van der Waals surface area contributed by atoms with E-state index in [9.17, 15) is 4.79 Å². The van der Waals surface area contributed by atoms with Crippen molar-refractivity contribution in [2.24, 2.45) is 16.6 Å². The molecule has 15 heavy (non-hydrogen) atoms. The summed E-state index contributed by atoms with van der Waals surface area (Å²) in [6.07, 6.45) is 1.73. The van der Waals surface area contributed by atoms with Gasteiger partial charge in [-0.25, -0.2) is 0 Å². The van der Waals surface area contributed by atoms with Gasteiger partial charge in [0.2, 0.25) is 5.91 Å². The van der Waals surface area contributed by atoms with Gasteiger partial charge in [0.1, 0.15) is 0 Å². The summed E-state index contributed by atoms with van der Waals surface area (Å²) in [5.41, 5.74) is 5.40. The Hall–Kier alpha value is -0.570. The van der Waals surface area contributed by atoms with Gasteiger partial charge in [0.05, 0.1) is 0 Å². The van der Waals surface area contributed by atoms with Crippen molar-refractivity contribution >= 4 is 5.91 Å². The minimum absolute atomic E-state index is 0.109. The molecule has 1 amide bonds. The number of hydrogen-bond acceptors (Lipinski definition) is 2. The summed E-state index contributed by atoms with van der Waals surface area (Å²) < 4.78 is 0. The van der Waals surface area contributed by atoms with E-state index in [1.807, 2.05) is 13.8 Å². The van der Waals surface area contributed by atoms with Crippen LogP contribution in [0.4, 0.5) is 0 Å². The topological polar surface area (TPSA) is 55.1 Å². The predicted octanol–water partition coefficient (Wildman–Crippen LogP) is 1.91. The maximum absolute atomic E-state index is 11.8. The van der Waals surface area contributed by atoms with Crippen molar-refractivity contribution in [2.75, 3.05) is 13.1 Å². The fraction of sp³-hybridized carbons (Fsp3) is 0.917. The molecule has 0 aliphatic heterocycles. The van der Waals surface area contributed by atoms with E-state index >= 15 is 0 Å². The molecule has 0 fully saturated rings. The molecule has 0 aliphatic rings. The highest BCUT2D eigenvalue weighted by Crippen LogP contribution is 2.20. The molecule has 90 valence electrons. The van der Waals surface area contributed by atoms with Crippen LogP contribution in [-0.4, -0.2) is 19.0 Å². The Balaban J connectivity index is 3.94. The Morgan fingerprint density at radius 3 is 2.07 bits per heavy atom. The SMILES string of the molecule is CC(C)(C)CCNC(=O)C(C)(C)CCN. The zero-order valence-electron chi connectivity index (χ0n) is 10.8. The Bertz CT molecular complexity index is 204. The molecule has 0 bridgehead atoms. The van der Waals surface area contributed by atoms with E-state index in [0.29, 0.717) is 6.54 Å². The first kappa shape index (κ1) is 14.4. The smallest absolute Gasteiger partial charge is 0.225 e. The number of nitrogens with one attached hydrogen (secondary N) is 1. The van der Waals surface area contributed by atoms with Crippen LogP contribution in [0.5, 0.6) is 0 Å². The van der Waals surface area contributed by atoms with E-state index in [1.165, 1.54) is 0 Å². The molecule has 0 aromatic heterocycles. The molecule has 0 rings (SSSR count). The lowest BCUT2D eigenvalue weighted by Crippen LogP contribution is -2.39. The van der Waals surface area contributed by atoms with Crippen molar-refractivity contribution in [1.82, 2.24) is 5.32 Å². The van der Waals surface area contributed by atoms with Crippen LogP contribution in [0.15, 0.2) is 0 Å². The largest absolute Gasteiger partial charge is 0.356 e. The summed E-state index contributed by atoms with van der Waals surface area (Å²) in [4.78, 5) is 11.8. The molecular formula is C12H26N2O. The third-order valence-electron chi connectivity index (χ3n) is 2.54. The Kier molecular flexibility index (Phi) is 5.29. The van der Waals surface area contributed by atoms with E-state index in [-0.39, 0.29) is 16.7 Å². The van der Waals surface area contributed by atoms with Crippen LogP contribution in [-0.2, 0) is 4.79 Å². The molecule has 0 heterocycles. The van der Waals surface area contributed by atoms with Crippen molar-refractivity contribution in [3.05, 3.63) is 0 Å². The van der Waals surface area contributed by atoms with E-state index in [2.05, 4.69) is 26.1 Å². The van der Waals surface area contributed by atoms with Crippen LogP contribution in [0.2, 0.25) is 0 Å².